The van der Waals surface area contributed by atoms with Crippen molar-refractivity contribution in [3.63, 3.8) is 0 Å². The lowest BCUT2D eigenvalue weighted by Crippen LogP contribution is -2.43. The lowest BCUT2D eigenvalue weighted by molar-refractivity contribution is -0.123. The molecule has 4 nitrogen and oxygen atoms in total. The smallest absolute Gasteiger partial charge is 0.262 e. The SMILES string of the molecule is CCCN(CC)CCNC(=O)C1CC(F)(F)CN1.Cl.Cl. The summed E-state index contributed by atoms with van der Waals surface area (Å²) in [7, 11) is 0. The van der Waals surface area contributed by atoms with Crippen molar-refractivity contribution in [3.8, 4) is 0 Å². The first-order chi connectivity index (χ1) is 8.48. The second kappa shape index (κ2) is 10.5. The summed E-state index contributed by atoms with van der Waals surface area (Å²) in [6.45, 7) is 6.97. The van der Waals surface area contributed by atoms with Gasteiger partial charge in [-0.25, -0.2) is 8.78 Å². The van der Waals surface area contributed by atoms with Crippen LogP contribution < -0.4 is 10.6 Å². The Morgan fingerprint density at radius 1 is 1.35 bits per heavy atom. The molecule has 1 rings (SSSR count). The minimum Gasteiger partial charge on any atom is -0.353 e. The molecule has 0 aromatic rings. The van der Waals surface area contributed by atoms with Gasteiger partial charge in [0.05, 0.1) is 12.6 Å². The third-order valence-corrected chi connectivity index (χ3v) is 3.14. The van der Waals surface area contributed by atoms with Crippen LogP contribution >= 0.6 is 24.8 Å². The Kier molecular flexibility index (Phi) is 11.7. The quantitative estimate of drug-likeness (QED) is 0.743. The topological polar surface area (TPSA) is 44.4 Å². The molecule has 0 aromatic heterocycles. The summed E-state index contributed by atoms with van der Waals surface area (Å²) in [5.41, 5.74) is 0. The maximum absolute atomic E-state index is 12.9. The number of carbonyl (C=O) groups is 1. The lowest BCUT2D eigenvalue weighted by Gasteiger charge is -2.20. The normalized spacial score (nSPS) is 20.1. The Bertz CT molecular complexity index is 283. The number of amides is 1. The Balaban J connectivity index is 0. The summed E-state index contributed by atoms with van der Waals surface area (Å²) in [6, 6.07) is -0.749. The van der Waals surface area contributed by atoms with Crippen LogP contribution in [0.4, 0.5) is 8.78 Å². The van der Waals surface area contributed by atoms with Gasteiger partial charge in [0, 0.05) is 19.5 Å². The molecule has 122 valence electrons. The summed E-state index contributed by atoms with van der Waals surface area (Å²) in [6.07, 6.45) is 0.670. The van der Waals surface area contributed by atoms with Gasteiger partial charge in [0.1, 0.15) is 0 Å². The van der Waals surface area contributed by atoms with Crippen molar-refractivity contribution in [2.75, 3.05) is 32.7 Å². The maximum atomic E-state index is 12.9. The van der Waals surface area contributed by atoms with Gasteiger partial charge >= 0.3 is 0 Å². The van der Waals surface area contributed by atoms with Crippen LogP contribution in [0, 0.1) is 0 Å². The van der Waals surface area contributed by atoms with Gasteiger partial charge < -0.3 is 10.2 Å². The predicted octanol–water partition coefficient (Wildman–Crippen LogP) is 1.68. The third kappa shape index (κ3) is 7.57. The molecule has 8 heteroatoms. The molecule has 20 heavy (non-hydrogen) atoms. The molecule has 0 spiro atoms. The number of hydrogen-bond acceptors (Lipinski definition) is 3. The second-order valence-electron chi connectivity index (χ2n) is 4.72. The first kappa shape index (κ1) is 22.1. The summed E-state index contributed by atoms with van der Waals surface area (Å²) in [5, 5.41) is 5.26. The van der Waals surface area contributed by atoms with E-state index in [1.54, 1.807) is 0 Å². The molecule has 0 bridgehead atoms. The van der Waals surface area contributed by atoms with Crippen LogP contribution in [0.1, 0.15) is 26.7 Å². The zero-order chi connectivity index (χ0) is 13.6. The number of halogens is 4. The molecule has 1 amide bonds. The fraction of sp³-hybridized carbons (Fsp3) is 0.917. The van der Waals surface area contributed by atoms with Crippen molar-refractivity contribution in [1.29, 1.82) is 0 Å². The Morgan fingerprint density at radius 3 is 2.45 bits per heavy atom. The minimum absolute atomic E-state index is 0. The van der Waals surface area contributed by atoms with Gasteiger partial charge in [0.25, 0.3) is 5.92 Å². The molecule has 0 aliphatic carbocycles. The van der Waals surface area contributed by atoms with E-state index < -0.39 is 24.9 Å². The van der Waals surface area contributed by atoms with E-state index in [2.05, 4.69) is 29.4 Å². The van der Waals surface area contributed by atoms with Crippen LogP contribution in [-0.4, -0.2) is 55.5 Å². The molecule has 1 aliphatic rings. The molecule has 0 radical (unpaired) electrons. The van der Waals surface area contributed by atoms with E-state index in [0.29, 0.717) is 6.54 Å². The van der Waals surface area contributed by atoms with Crippen LogP contribution in [0.3, 0.4) is 0 Å². The zero-order valence-corrected chi connectivity index (χ0v) is 13.6. The lowest BCUT2D eigenvalue weighted by atomic mass is 10.2. The maximum Gasteiger partial charge on any atom is 0.262 e. The van der Waals surface area contributed by atoms with Crippen molar-refractivity contribution < 1.29 is 13.6 Å². The zero-order valence-electron chi connectivity index (χ0n) is 12.0. The molecular weight excluding hydrogens is 311 g/mol. The van der Waals surface area contributed by atoms with E-state index in [1.165, 1.54) is 0 Å². The second-order valence-corrected chi connectivity index (χ2v) is 4.72. The van der Waals surface area contributed by atoms with Crippen LogP contribution in [0.15, 0.2) is 0 Å². The number of nitrogens with one attached hydrogen (secondary N) is 2. The highest BCUT2D eigenvalue weighted by Gasteiger charge is 2.42. The predicted molar refractivity (Wildman–Crippen MR) is 81.3 cm³/mol. The highest BCUT2D eigenvalue weighted by atomic mass is 35.5. The Labute approximate surface area is 131 Å². The first-order valence-corrected chi connectivity index (χ1v) is 6.59. The highest BCUT2D eigenvalue weighted by molar-refractivity contribution is 5.85. The summed E-state index contributed by atoms with van der Waals surface area (Å²) >= 11 is 0. The van der Waals surface area contributed by atoms with Gasteiger partial charge in [0.2, 0.25) is 5.91 Å². The van der Waals surface area contributed by atoms with Gasteiger partial charge in [-0.15, -0.1) is 24.8 Å². The number of alkyl halides is 2. The van der Waals surface area contributed by atoms with E-state index in [9.17, 15) is 13.6 Å². The van der Waals surface area contributed by atoms with Gasteiger partial charge in [-0.3, -0.25) is 10.1 Å². The Hall–Kier alpha value is -0.170. The van der Waals surface area contributed by atoms with Gasteiger partial charge in [-0.2, -0.15) is 0 Å². The van der Waals surface area contributed by atoms with Crippen molar-refractivity contribution in [1.82, 2.24) is 15.5 Å². The van der Waals surface area contributed by atoms with Crippen LogP contribution in [0.5, 0.6) is 0 Å². The molecule has 1 heterocycles. The van der Waals surface area contributed by atoms with Crippen LogP contribution in [-0.2, 0) is 4.79 Å². The number of carbonyl (C=O) groups excluding carboxylic acids is 1. The Morgan fingerprint density at radius 2 is 2.00 bits per heavy atom. The standard InChI is InChI=1S/C12H23F2N3O.2ClH/c1-3-6-17(4-2)7-5-15-11(18)10-8-12(13,14)9-16-10;;/h10,16H,3-9H2,1-2H3,(H,15,18);2*1H. The third-order valence-electron chi connectivity index (χ3n) is 3.14. The summed E-state index contributed by atoms with van der Waals surface area (Å²) in [5.74, 6) is -3.07. The molecule has 1 atom stereocenters. The number of rotatable bonds is 7. The van der Waals surface area contributed by atoms with Crippen molar-refractivity contribution in [2.45, 2.75) is 38.7 Å². The van der Waals surface area contributed by atoms with Gasteiger partial charge in [-0.1, -0.05) is 13.8 Å². The van der Waals surface area contributed by atoms with Crippen molar-refractivity contribution in [3.05, 3.63) is 0 Å². The molecule has 1 unspecified atom stereocenters. The van der Waals surface area contributed by atoms with Crippen molar-refractivity contribution >= 4 is 30.7 Å². The van der Waals surface area contributed by atoms with Crippen molar-refractivity contribution in [2.24, 2.45) is 0 Å². The molecule has 1 aliphatic heterocycles. The first-order valence-electron chi connectivity index (χ1n) is 6.59. The average molecular weight is 336 g/mol. The molecule has 1 saturated heterocycles. The number of hydrogen-bond donors (Lipinski definition) is 2. The monoisotopic (exact) mass is 335 g/mol. The van der Waals surface area contributed by atoms with Crippen LogP contribution in [0.2, 0.25) is 0 Å². The minimum atomic E-state index is -2.75. The average Bonchev–Trinajstić information content (AvgIpc) is 2.68. The largest absolute Gasteiger partial charge is 0.353 e. The molecule has 0 saturated carbocycles. The summed E-state index contributed by atoms with van der Waals surface area (Å²) in [4.78, 5) is 13.9. The fourth-order valence-electron chi connectivity index (χ4n) is 2.11. The molecule has 0 aromatic carbocycles. The number of likely N-dealkylation sites (N-methyl/N-ethyl adjacent to an activating group) is 1. The van der Waals surface area contributed by atoms with E-state index in [-0.39, 0.29) is 30.7 Å². The van der Waals surface area contributed by atoms with E-state index in [0.717, 1.165) is 26.1 Å². The molecular formula is C12H25Cl2F2N3O. The molecule has 1 fully saturated rings. The van der Waals surface area contributed by atoms with Gasteiger partial charge in [0.15, 0.2) is 0 Å². The molecule has 2 N–H and O–H groups in total. The number of nitrogens with zero attached hydrogens (tertiary/aromatic N) is 1. The van der Waals surface area contributed by atoms with Crippen LogP contribution in [0.25, 0.3) is 0 Å². The van der Waals surface area contributed by atoms with E-state index in [1.807, 2.05) is 0 Å². The fourth-order valence-corrected chi connectivity index (χ4v) is 2.11. The van der Waals surface area contributed by atoms with E-state index >= 15 is 0 Å². The van der Waals surface area contributed by atoms with E-state index in [4.69, 9.17) is 0 Å². The highest BCUT2D eigenvalue weighted by Crippen LogP contribution is 2.24. The summed E-state index contributed by atoms with van der Waals surface area (Å²) < 4.78 is 25.8. The van der Waals surface area contributed by atoms with Gasteiger partial charge in [-0.05, 0) is 19.5 Å².